The minimum absolute atomic E-state index is 1.05. The molecule has 0 bridgehead atoms. The average Bonchev–Trinajstić information content (AvgIpc) is 2.99. The van der Waals surface area contributed by atoms with Crippen molar-refractivity contribution in [3.05, 3.63) is 178 Å². The SMILES string of the molecule is [c]1c(C=Cc2ccccc2)c(C=Cc2ccccc2)cc(C=Cc2ccccc2)c1C=Cc1ccccc1. The molecule has 5 rings (SSSR count). The maximum atomic E-state index is 3.72. The highest BCUT2D eigenvalue weighted by Gasteiger charge is 2.05. The van der Waals surface area contributed by atoms with Crippen molar-refractivity contribution >= 4 is 48.6 Å². The second-order valence-corrected chi connectivity index (χ2v) is 8.98. The van der Waals surface area contributed by atoms with E-state index in [9.17, 15) is 0 Å². The fourth-order valence-corrected chi connectivity index (χ4v) is 4.15. The zero-order valence-corrected chi connectivity index (χ0v) is 21.2. The van der Waals surface area contributed by atoms with Crippen LogP contribution in [0.3, 0.4) is 0 Å². The van der Waals surface area contributed by atoms with Gasteiger partial charge < -0.3 is 0 Å². The molecule has 0 aromatic heterocycles. The lowest BCUT2D eigenvalue weighted by molar-refractivity contribution is 1.53. The molecule has 0 heterocycles. The standard InChI is InChI=1S/C38H29/c1-5-13-31(14-6-1)21-25-35-29-37(27-23-33-17-9-3-10-18-33)38(28-24-34-19-11-4-12-20-34)30-36(35)26-22-32-15-7-2-8-16-32/h1-29H. The molecule has 0 aliphatic carbocycles. The Morgan fingerprint density at radius 2 is 0.605 bits per heavy atom. The molecular formula is C38H29. The Morgan fingerprint density at radius 1 is 0.316 bits per heavy atom. The van der Waals surface area contributed by atoms with Crippen molar-refractivity contribution in [3.63, 3.8) is 0 Å². The van der Waals surface area contributed by atoms with Gasteiger partial charge in [0.05, 0.1) is 0 Å². The van der Waals surface area contributed by atoms with Gasteiger partial charge in [-0.05, 0) is 56.6 Å². The van der Waals surface area contributed by atoms with Crippen LogP contribution >= 0.6 is 0 Å². The van der Waals surface area contributed by atoms with Crippen LogP contribution in [0.2, 0.25) is 0 Å². The third-order valence-corrected chi connectivity index (χ3v) is 6.20. The average molecular weight is 486 g/mol. The molecule has 5 aromatic carbocycles. The summed E-state index contributed by atoms with van der Waals surface area (Å²) >= 11 is 0. The first-order chi connectivity index (χ1) is 18.8. The van der Waals surface area contributed by atoms with Gasteiger partial charge in [-0.3, -0.25) is 0 Å². The molecule has 5 aromatic rings. The Hall–Kier alpha value is -4.94. The molecule has 0 heteroatoms. The van der Waals surface area contributed by atoms with Gasteiger partial charge in [-0.2, -0.15) is 0 Å². The Kier molecular flexibility index (Phi) is 8.37. The Labute approximate surface area is 226 Å². The quantitative estimate of drug-likeness (QED) is 0.192. The van der Waals surface area contributed by atoms with Crippen LogP contribution in [-0.4, -0.2) is 0 Å². The van der Waals surface area contributed by atoms with Crippen LogP contribution in [0.25, 0.3) is 48.6 Å². The van der Waals surface area contributed by atoms with Crippen LogP contribution in [0.4, 0.5) is 0 Å². The predicted octanol–water partition coefficient (Wildman–Crippen LogP) is 10.2. The van der Waals surface area contributed by atoms with Crippen molar-refractivity contribution in [1.29, 1.82) is 0 Å². The van der Waals surface area contributed by atoms with E-state index in [1.165, 1.54) is 11.1 Å². The van der Waals surface area contributed by atoms with Crippen LogP contribution < -0.4 is 0 Å². The van der Waals surface area contributed by atoms with E-state index in [-0.39, 0.29) is 0 Å². The maximum absolute atomic E-state index is 3.72. The highest BCUT2D eigenvalue weighted by Crippen LogP contribution is 2.25. The molecule has 0 N–H and O–H groups in total. The first kappa shape index (κ1) is 24.7. The first-order valence-corrected chi connectivity index (χ1v) is 12.9. The zero-order valence-electron chi connectivity index (χ0n) is 21.2. The highest BCUT2D eigenvalue weighted by molar-refractivity contribution is 5.86. The van der Waals surface area contributed by atoms with E-state index in [0.29, 0.717) is 0 Å². The van der Waals surface area contributed by atoms with E-state index in [0.717, 1.165) is 33.4 Å². The molecule has 0 saturated carbocycles. The predicted molar refractivity (Wildman–Crippen MR) is 167 cm³/mol. The van der Waals surface area contributed by atoms with Crippen molar-refractivity contribution in [2.45, 2.75) is 0 Å². The van der Waals surface area contributed by atoms with Gasteiger partial charge >= 0.3 is 0 Å². The number of hydrogen-bond donors (Lipinski definition) is 0. The third-order valence-electron chi connectivity index (χ3n) is 6.20. The van der Waals surface area contributed by atoms with Crippen molar-refractivity contribution in [1.82, 2.24) is 0 Å². The van der Waals surface area contributed by atoms with Crippen LogP contribution in [0, 0.1) is 6.07 Å². The van der Waals surface area contributed by atoms with Gasteiger partial charge in [0.1, 0.15) is 0 Å². The van der Waals surface area contributed by atoms with Gasteiger partial charge in [0.25, 0.3) is 0 Å². The fourth-order valence-electron chi connectivity index (χ4n) is 4.15. The molecule has 0 unspecified atom stereocenters. The molecule has 0 nitrogen and oxygen atoms in total. The van der Waals surface area contributed by atoms with E-state index >= 15 is 0 Å². The molecular weight excluding hydrogens is 456 g/mol. The number of benzene rings is 5. The van der Waals surface area contributed by atoms with E-state index in [4.69, 9.17) is 0 Å². The summed E-state index contributed by atoms with van der Waals surface area (Å²) in [6, 6.07) is 47.6. The van der Waals surface area contributed by atoms with E-state index < -0.39 is 0 Å². The largest absolute Gasteiger partial charge is 0.0622 e. The van der Waals surface area contributed by atoms with E-state index in [1.54, 1.807) is 0 Å². The topological polar surface area (TPSA) is 0 Å². The van der Waals surface area contributed by atoms with Gasteiger partial charge in [-0.15, -0.1) is 0 Å². The second-order valence-electron chi connectivity index (χ2n) is 8.98. The van der Waals surface area contributed by atoms with Gasteiger partial charge in [0, 0.05) is 0 Å². The highest BCUT2D eigenvalue weighted by atomic mass is 14.1. The molecule has 0 spiro atoms. The molecule has 0 saturated heterocycles. The van der Waals surface area contributed by atoms with Gasteiger partial charge in [-0.25, -0.2) is 0 Å². The smallest absolute Gasteiger partial charge is 0.00143 e. The molecule has 0 fully saturated rings. The third kappa shape index (κ3) is 7.06. The summed E-state index contributed by atoms with van der Waals surface area (Å²) in [5, 5.41) is 0. The lowest BCUT2D eigenvalue weighted by Gasteiger charge is -2.09. The van der Waals surface area contributed by atoms with Crippen LogP contribution in [0.5, 0.6) is 0 Å². The molecule has 38 heavy (non-hydrogen) atoms. The Morgan fingerprint density at radius 3 is 0.921 bits per heavy atom. The van der Waals surface area contributed by atoms with Crippen molar-refractivity contribution in [3.8, 4) is 0 Å². The minimum Gasteiger partial charge on any atom is -0.0622 e. The van der Waals surface area contributed by atoms with Gasteiger partial charge in [0.2, 0.25) is 0 Å². The summed E-state index contributed by atoms with van der Waals surface area (Å²) in [7, 11) is 0. The fraction of sp³-hybridized carbons (Fsp3) is 0. The molecule has 0 amide bonds. The second kappa shape index (κ2) is 12.9. The van der Waals surface area contributed by atoms with E-state index in [2.05, 4.69) is 158 Å². The number of hydrogen-bond acceptors (Lipinski definition) is 0. The van der Waals surface area contributed by atoms with Crippen molar-refractivity contribution in [2.75, 3.05) is 0 Å². The minimum atomic E-state index is 1.05. The maximum Gasteiger partial charge on any atom is -0.00143 e. The van der Waals surface area contributed by atoms with Gasteiger partial charge in [-0.1, -0.05) is 170 Å². The molecule has 1 radical (unpaired) electrons. The summed E-state index contributed by atoms with van der Waals surface area (Å²) in [6.45, 7) is 0. The summed E-state index contributed by atoms with van der Waals surface area (Å²) < 4.78 is 0. The van der Waals surface area contributed by atoms with E-state index in [1.807, 2.05) is 24.3 Å². The molecule has 0 aliphatic heterocycles. The van der Waals surface area contributed by atoms with Gasteiger partial charge in [0.15, 0.2) is 0 Å². The van der Waals surface area contributed by atoms with Crippen molar-refractivity contribution in [2.24, 2.45) is 0 Å². The molecule has 0 aliphatic rings. The van der Waals surface area contributed by atoms with Crippen molar-refractivity contribution < 1.29 is 0 Å². The molecule has 181 valence electrons. The van der Waals surface area contributed by atoms with Crippen LogP contribution in [0.1, 0.15) is 44.5 Å². The lowest BCUT2D eigenvalue weighted by atomic mass is 9.95. The zero-order chi connectivity index (χ0) is 25.8. The summed E-state index contributed by atoms with van der Waals surface area (Å²) in [5.41, 5.74) is 8.98. The first-order valence-electron chi connectivity index (χ1n) is 12.9. The lowest BCUT2D eigenvalue weighted by Crippen LogP contribution is -1.90. The monoisotopic (exact) mass is 485 g/mol. The molecule has 0 atom stereocenters. The summed E-state index contributed by atoms with van der Waals surface area (Å²) in [4.78, 5) is 0. The van der Waals surface area contributed by atoms with Crippen LogP contribution in [0.15, 0.2) is 127 Å². The summed E-state index contributed by atoms with van der Waals surface area (Å²) in [6.07, 6.45) is 17.3. The van der Waals surface area contributed by atoms with Crippen LogP contribution in [-0.2, 0) is 0 Å². The Bertz CT molecular complexity index is 1310. The Balaban J connectivity index is 1.60. The normalized spacial score (nSPS) is 11.8. The number of rotatable bonds is 8. The summed E-state index contributed by atoms with van der Waals surface area (Å²) in [5.74, 6) is 0.